The number of allylic oxidation sites excluding steroid dienone is 1. The summed E-state index contributed by atoms with van der Waals surface area (Å²) in [5.74, 6) is 0. The van der Waals surface area contributed by atoms with Gasteiger partial charge in [-0.2, -0.15) is 0 Å². The summed E-state index contributed by atoms with van der Waals surface area (Å²) in [6.07, 6.45) is 7.18. The van der Waals surface area contributed by atoms with Crippen molar-refractivity contribution in [2.24, 2.45) is 0 Å². The summed E-state index contributed by atoms with van der Waals surface area (Å²) in [5, 5.41) is 2.19. The first kappa shape index (κ1) is 10.4. The molecule has 0 fully saturated rings. The average molecular weight is 262 g/mol. The Morgan fingerprint density at radius 3 is 2.93 bits per heavy atom. The molecule has 2 rings (SSSR count). The zero-order valence-corrected chi connectivity index (χ0v) is 9.94. The highest BCUT2D eigenvalue weighted by Crippen LogP contribution is 2.17. The number of para-hydroxylation sites is 1. The number of hydrogen-bond donors (Lipinski definition) is 0. The second-order valence-corrected chi connectivity index (χ2v) is 4.10. The number of aromatic nitrogens is 1. The molecule has 0 radical (unpaired) electrons. The summed E-state index contributed by atoms with van der Waals surface area (Å²) in [7, 11) is 0. The predicted molar refractivity (Wildman–Crippen MR) is 69.2 cm³/mol. The van der Waals surface area contributed by atoms with Crippen LogP contribution in [0.3, 0.4) is 0 Å². The number of hydrogen-bond acceptors (Lipinski definition) is 1. The van der Waals surface area contributed by atoms with Crippen LogP contribution >= 0.6 is 15.9 Å². The Hall–Kier alpha value is -1.15. The van der Waals surface area contributed by atoms with Crippen LogP contribution in [0.5, 0.6) is 0 Å². The predicted octanol–water partition coefficient (Wildman–Crippen LogP) is 4.03. The molecule has 2 heteroatoms. The van der Waals surface area contributed by atoms with Crippen molar-refractivity contribution < 1.29 is 0 Å². The van der Waals surface area contributed by atoms with Crippen LogP contribution in [0.15, 0.2) is 42.6 Å². The third kappa shape index (κ3) is 2.45. The molecule has 0 saturated carbocycles. The van der Waals surface area contributed by atoms with Crippen molar-refractivity contribution in [3.63, 3.8) is 0 Å². The lowest BCUT2D eigenvalue weighted by molar-refractivity contribution is 1.27. The second kappa shape index (κ2) is 5.08. The molecule has 0 N–H and O–H groups in total. The molecular formula is C13H12BrN. The van der Waals surface area contributed by atoms with Crippen molar-refractivity contribution in [1.29, 1.82) is 0 Å². The lowest BCUT2D eigenvalue weighted by Crippen LogP contribution is -1.81. The Morgan fingerprint density at radius 1 is 1.20 bits per heavy atom. The maximum Gasteiger partial charge on any atom is 0.0774 e. The molecule has 1 aromatic heterocycles. The van der Waals surface area contributed by atoms with Gasteiger partial charge in [0.2, 0.25) is 0 Å². The van der Waals surface area contributed by atoms with Gasteiger partial charge in [0.25, 0.3) is 0 Å². The maximum atomic E-state index is 4.40. The molecule has 0 aliphatic carbocycles. The van der Waals surface area contributed by atoms with E-state index in [0.29, 0.717) is 0 Å². The van der Waals surface area contributed by atoms with Crippen LogP contribution in [-0.2, 0) is 0 Å². The van der Waals surface area contributed by atoms with Gasteiger partial charge >= 0.3 is 0 Å². The van der Waals surface area contributed by atoms with Gasteiger partial charge in [-0.25, -0.2) is 0 Å². The van der Waals surface area contributed by atoms with E-state index in [0.717, 1.165) is 17.3 Å². The minimum atomic E-state index is 1.00. The Kier molecular flexibility index (Phi) is 3.51. The quantitative estimate of drug-likeness (QED) is 0.761. The Morgan fingerprint density at radius 2 is 2.07 bits per heavy atom. The average Bonchev–Trinajstić information content (AvgIpc) is 2.30. The van der Waals surface area contributed by atoms with Crippen LogP contribution in [0, 0.1) is 0 Å². The summed E-state index contributed by atoms with van der Waals surface area (Å²) in [6.45, 7) is 0. The molecular weight excluding hydrogens is 250 g/mol. The van der Waals surface area contributed by atoms with Crippen molar-refractivity contribution in [3.05, 3.63) is 48.2 Å². The highest BCUT2D eigenvalue weighted by Gasteiger charge is 1.96. The number of benzene rings is 1. The summed E-state index contributed by atoms with van der Waals surface area (Å²) in [6, 6.07) is 10.3. The number of fused-ring (bicyclic) bond motifs is 1. The van der Waals surface area contributed by atoms with Crippen LogP contribution in [-0.4, -0.2) is 10.3 Å². The zero-order valence-electron chi connectivity index (χ0n) is 8.36. The van der Waals surface area contributed by atoms with E-state index in [1.165, 1.54) is 10.9 Å². The third-order valence-electron chi connectivity index (χ3n) is 2.24. The lowest BCUT2D eigenvalue weighted by Gasteiger charge is -1.99. The van der Waals surface area contributed by atoms with E-state index in [1.807, 2.05) is 12.3 Å². The molecule has 0 bridgehead atoms. The smallest absolute Gasteiger partial charge is 0.0774 e. The summed E-state index contributed by atoms with van der Waals surface area (Å²) in [4.78, 5) is 4.40. The summed E-state index contributed by atoms with van der Waals surface area (Å²) < 4.78 is 0. The van der Waals surface area contributed by atoms with E-state index in [1.54, 1.807) is 0 Å². The molecule has 0 saturated heterocycles. The van der Waals surface area contributed by atoms with Crippen molar-refractivity contribution in [2.45, 2.75) is 6.42 Å². The topological polar surface area (TPSA) is 12.9 Å². The number of pyridine rings is 1. The molecule has 1 aromatic carbocycles. The Balaban J connectivity index is 2.42. The fourth-order valence-corrected chi connectivity index (χ4v) is 1.80. The minimum absolute atomic E-state index is 1.00. The number of rotatable bonds is 3. The van der Waals surface area contributed by atoms with E-state index < -0.39 is 0 Å². The van der Waals surface area contributed by atoms with Gasteiger partial charge in [0.05, 0.1) is 5.52 Å². The number of alkyl halides is 1. The van der Waals surface area contributed by atoms with Crippen molar-refractivity contribution >= 4 is 32.9 Å². The van der Waals surface area contributed by atoms with Crippen molar-refractivity contribution in [3.8, 4) is 0 Å². The van der Waals surface area contributed by atoms with Crippen molar-refractivity contribution in [2.75, 3.05) is 5.33 Å². The number of nitrogens with zero attached hydrogens (tertiary/aromatic N) is 1. The molecule has 1 heterocycles. The third-order valence-corrected chi connectivity index (χ3v) is 2.69. The molecule has 2 aromatic rings. The monoisotopic (exact) mass is 261 g/mol. The SMILES string of the molecule is BrCCC=Cc1cccc2cccnc12. The van der Waals surface area contributed by atoms with Crippen molar-refractivity contribution in [1.82, 2.24) is 4.98 Å². The van der Waals surface area contributed by atoms with Gasteiger partial charge < -0.3 is 0 Å². The number of halogens is 1. The summed E-state index contributed by atoms with van der Waals surface area (Å²) in [5.41, 5.74) is 2.26. The first-order valence-electron chi connectivity index (χ1n) is 4.98. The molecule has 0 unspecified atom stereocenters. The van der Waals surface area contributed by atoms with Gasteiger partial charge in [-0.05, 0) is 12.5 Å². The van der Waals surface area contributed by atoms with E-state index in [9.17, 15) is 0 Å². The van der Waals surface area contributed by atoms with Gasteiger partial charge in [0, 0.05) is 22.5 Å². The Bertz CT molecular complexity index is 471. The lowest BCUT2D eigenvalue weighted by atomic mass is 10.1. The highest BCUT2D eigenvalue weighted by atomic mass is 79.9. The molecule has 0 atom stereocenters. The van der Waals surface area contributed by atoms with Crippen LogP contribution in [0.2, 0.25) is 0 Å². The van der Waals surface area contributed by atoms with Crippen LogP contribution in [0.1, 0.15) is 12.0 Å². The largest absolute Gasteiger partial charge is 0.256 e. The van der Waals surface area contributed by atoms with Gasteiger partial charge in [-0.15, -0.1) is 0 Å². The van der Waals surface area contributed by atoms with Crippen LogP contribution in [0.4, 0.5) is 0 Å². The molecule has 0 amide bonds. The van der Waals surface area contributed by atoms with Gasteiger partial charge in [0.1, 0.15) is 0 Å². The first-order valence-corrected chi connectivity index (χ1v) is 6.10. The molecule has 15 heavy (non-hydrogen) atoms. The molecule has 0 aliphatic heterocycles. The Labute approximate surface area is 98.0 Å². The van der Waals surface area contributed by atoms with Gasteiger partial charge in [-0.3, -0.25) is 4.98 Å². The minimum Gasteiger partial charge on any atom is -0.256 e. The molecule has 0 spiro atoms. The standard InChI is InChI=1S/C13H12BrN/c14-9-2-1-5-11-6-3-7-12-8-4-10-15-13(11)12/h1,3-8,10H,2,9H2. The molecule has 76 valence electrons. The van der Waals surface area contributed by atoms with E-state index >= 15 is 0 Å². The maximum absolute atomic E-state index is 4.40. The van der Waals surface area contributed by atoms with E-state index in [4.69, 9.17) is 0 Å². The molecule has 0 aliphatic rings. The fraction of sp³-hybridized carbons (Fsp3) is 0.154. The van der Waals surface area contributed by atoms with Gasteiger partial charge in [-0.1, -0.05) is 52.3 Å². The summed E-state index contributed by atoms with van der Waals surface area (Å²) >= 11 is 3.41. The first-order chi connectivity index (χ1) is 7.42. The fourth-order valence-electron chi connectivity index (χ4n) is 1.54. The molecule has 1 nitrogen and oxygen atoms in total. The van der Waals surface area contributed by atoms with Crippen LogP contribution < -0.4 is 0 Å². The highest BCUT2D eigenvalue weighted by molar-refractivity contribution is 9.09. The van der Waals surface area contributed by atoms with E-state index in [2.05, 4.69) is 57.3 Å². The zero-order chi connectivity index (χ0) is 10.5. The normalized spacial score (nSPS) is 11.3. The van der Waals surface area contributed by atoms with Gasteiger partial charge in [0.15, 0.2) is 0 Å². The second-order valence-electron chi connectivity index (χ2n) is 3.30. The van der Waals surface area contributed by atoms with E-state index in [-0.39, 0.29) is 0 Å². The van der Waals surface area contributed by atoms with Crippen LogP contribution in [0.25, 0.3) is 17.0 Å².